The molecule has 6 rings (SSSR count). The maximum absolute atomic E-state index is 12.9. The quantitative estimate of drug-likeness (QED) is 0.134. The maximum atomic E-state index is 12.9. The molecule has 2 aromatic heterocycles. The second-order valence-electron chi connectivity index (χ2n) is 11.5. The predicted octanol–water partition coefficient (Wildman–Crippen LogP) is 7.10. The van der Waals surface area contributed by atoms with Crippen LogP contribution in [-0.2, 0) is 25.9 Å². The minimum atomic E-state index is -0.972. The van der Waals surface area contributed by atoms with E-state index in [2.05, 4.69) is 20.6 Å². The average Bonchev–Trinajstić information content (AvgIpc) is 3.16. The summed E-state index contributed by atoms with van der Waals surface area (Å²) in [5, 5.41) is 5.85. The van der Waals surface area contributed by atoms with Crippen LogP contribution in [0, 0.1) is 0 Å². The molecule has 0 atom stereocenters. The monoisotopic (exact) mass is 662 g/mol. The molecule has 9 nitrogen and oxygen atoms in total. The zero-order valence-corrected chi connectivity index (χ0v) is 27.1. The number of carbonyl (C=O) groups excluding carboxylic acids is 3. The van der Waals surface area contributed by atoms with Crippen LogP contribution in [0.25, 0.3) is 0 Å². The van der Waals surface area contributed by atoms with Crippen molar-refractivity contribution in [1.82, 2.24) is 20.6 Å². The smallest absolute Gasteiger partial charge is 0.375 e. The van der Waals surface area contributed by atoms with Gasteiger partial charge in [0.05, 0.1) is 0 Å². The number of hydrogen-bond donors (Lipinski definition) is 2. The molecule has 4 aromatic carbocycles. The lowest BCUT2D eigenvalue weighted by atomic mass is 10.0. The molecule has 0 bridgehead atoms. The molecule has 2 N–H and O–H groups in total. The fourth-order valence-electron chi connectivity index (χ4n) is 5.23. The van der Waals surface area contributed by atoms with Gasteiger partial charge in [0.15, 0.2) is 0 Å². The topological polar surface area (TPSA) is 120 Å². The SMILES string of the molecule is O=C(Oc1ncccc1Cc1ccc(C(=O)NCc2ccccc2)cc1)Oc1ncccc1Cc1ccc(C(=O)NCc2ccccc2)cc1. The molecule has 0 unspecified atom stereocenters. The fourth-order valence-corrected chi connectivity index (χ4v) is 5.23. The Morgan fingerprint density at radius 3 is 1.26 bits per heavy atom. The summed E-state index contributed by atoms with van der Waals surface area (Å²) in [6.45, 7) is 0.883. The van der Waals surface area contributed by atoms with E-state index in [0.717, 1.165) is 22.3 Å². The average molecular weight is 663 g/mol. The zero-order chi connectivity index (χ0) is 34.5. The van der Waals surface area contributed by atoms with Crippen molar-refractivity contribution in [2.75, 3.05) is 0 Å². The molecule has 50 heavy (non-hydrogen) atoms. The molecule has 0 aliphatic rings. The zero-order valence-electron chi connectivity index (χ0n) is 27.1. The van der Waals surface area contributed by atoms with Crippen LogP contribution in [0.15, 0.2) is 146 Å². The maximum Gasteiger partial charge on any atom is 0.522 e. The summed E-state index contributed by atoms with van der Waals surface area (Å²) in [6, 6.07) is 41.0. The number of ether oxygens (including phenoxy) is 2. The van der Waals surface area contributed by atoms with Gasteiger partial charge in [0.1, 0.15) is 0 Å². The number of carbonyl (C=O) groups is 3. The van der Waals surface area contributed by atoms with Crippen molar-refractivity contribution < 1.29 is 23.9 Å². The summed E-state index contributed by atoms with van der Waals surface area (Å²) in [7, 11) is 0. The minimum Gasteiger partial charge on any atom is -0.375 e. The van der Waals surface area contributed by atoms with Gasteiger partial charge in [-0.2, -0.15) is 0 Å². The van der Waals surface area contributed by atoms with Crippen molar-refractivity contribution in [3.05, 3.63) is 190 Å². The van der Waals surface area contributed by atoms with Crippen molar-refractivity contribution in [2.24, 2.45) is 0 Å². The van der Waals surface area contributed by atoms with Crippen molar-refractivity contribution in [3.8, 4) is 11.8 Å². The van der Waals surface area contributed by atoms with Gasteiger partial charge in [0.2, 0.25) is 11.8 Å². The molecule has 0 spiro atoms. The Bertz CT molecular complexity index is 1900. The van der Waals surface area contributed by atoms with E-state index in [4.69, 9.17) is 9.47 Å². The highest BCUT2D eigenvalue weighted by atomic mass is 16.7. The second-order valence-corrected chi connectivity index (χ2v) is 11.5. The molecular weight excluding hydrogens is 628 g/mol. The Hall–Kier alpha value is -6.61. The van der Waals surface area contributed by atoms with Gasteiger partial charge < -0.3 is 20.1 Å². The Balaban J connectivity index is 1.04. The van der Waals surface area contributed by atoms with Crippen molar-refractivity contribution in [1.29, 1.82) is 0 Å². The van der Waals surface area contributed by atoms with E-state index in [9.17, 15) is 14.4 Å². The number of pyridine rings is 2. The number of nitrogens with zero attached hydrogens (tertiary/aromatic N) is 2. The third kappa shape index (κ3) is 9.26. The molecule has 0 fully saturated rings. The summed E-state index contributed by atoms with van der Waals surface area (Å²) in [4.78, 5) is 46.7. The molecule has 0 aliphatic heterocycles. The Morgan fingerprint density at radius 2 is 0.860 bits per heavy atom. The summed E-state index contributed by atoms with van der Waals surface area (Å²) < 4.78 is 11.1. The van der Waals surface area contributed by atoms with Gasteiger partial charge in [-0.15, -0.1) is 0 Å². The highest BCUT2D eigenvalue weighted by Crippen LogP contribution is 2.23. The summed E-state index contributed by atoms with van der Waals surface area (Å²) >= 11 is 0. The van der Waals surface area contributed by atoms with Gasteiger partial charge in [-0.25, -0.2) is 14.8 Å². The third-order valence-electron chi connectivity index (χ3n) is 7.87. The molecule has 0 saturated carbocycles. The van der Waals surface area contributed by atoms with E-state index in [-0.39, 0.29) is 23.6 Å². The Labute approximate surface area is 290 Å². The highest BCUT2D eigenvalue weighted by Gasteiger charge is 2.17. The molecule has 0 aliphatic carbocycles. The highest BCUT2D eigenvalue weighted by molar-refractivity contribution is 5.94. The van der Waals surface area contributed by atoms with E-state index in [1.54, 1.807) is 36.4 Å². The Kier molecular flexibility index (Phi) is 11.0. The lowest BCUT2D eigenvalue weighted by molar-refractivity contribution is 0.0943. The van der Waals surface area contributed by atoms with Crippen LogP contribution in [0.4, 0.5) is 4.79 Å². The number of nitrogens with one attached hydrogen (secondary N) is 2. The van der Waals surface area contributed by atoms with E-state index < -0.39 is 6.16 Å². The van der Waals surface area contributed by atoms with Crippen molar-refractivity contribution in [2.45, 2.75) is 25.9 Å². The molecule has 0 radical (unpaired) electrons. The molecule has 2 heterocycles. The summed E-state index contributed by atoms with van der Waals surface area (Å²) in [6.07, 6.45) is 2.92. The van der Waals surface area contributed by atoms with Crippen LogP contribution in [0.1, 0.15) is 54.1 Å². The predicted molar refractivity (Wildman–Crippen MR) is 189 cm³/mol. The van der Waals surface area contributed by atoms with Crippen LogP contribution in [0.5, 0.6) is 11.8 Å². The third-order valence-corrected chi connectivity index (χ3v) is 7.87. The lowest BCUT2D eigenvalue weighted by Crippen LogP contribution is -2.22. The first-order chi connectivity index (χ1) is 24.5. The van der Waals surface area contributed by atoms with E-state index >= 15 is 0 Å². The lowest BCUT2D eigenvalue weighted by Gasteiger charge is -2.11. The number of amides is 2. The molecule has 9 heteroatoms. The molecular formula is C41H34N4O5. The second kappa shape index (κ2) is 16.5. The van der Waals surface area contributed by atoms with E-state index in [1.807, 2.05) is 97.1 Å². The first-order valence-electron chi connectivity index (χ1n) is 16.1. The van der Waals surface area contributed by atoms with Crippen LogP contribution in [-0.4, -0.2) is 27.9 Å². The Morgan fingerprint density at radius 1 is 0.460 bits per heavy atom. The van der Waals surface area contributed by atoms with E-state index in [1.165, 1.54) is 12.4 Å². The van der Waals surface area contributed by atoms with Gasteiger partial charge in [0, 0.05) is 60.6 Å². The first kappa shape index (κ1) is 33.3. The van der Waals surface area contributed by atoms with Crippen LogP contribution >= 0.6 is 0 Å². The van der Waals surface area contributed by atoms with Gasteiger partial charge in [0.25, 0.3) is 11.8 Å². The van der Waals surface area contributed by atoms with E-state index in [0.29, 0.717) is 48.2 Å². The normalized spacial score (nSPS) is 10.6. The van der Waals surface area contributed by atoms with Gasteiger partial charge in [-0.05, 0) is 58.7 Å². The molecule has 0 saturated heterocycles. The van der Waals surface area contributed by atoms with Crippen molar-refractivity contribution in [3.63, 3.8) is 0 Å². The minimum absolute atomic E-state index is 0.112. The van der Waals surface area contributed by atoms with Gasteiger partial charge >= 0.3 is 6.16 Å². The van der Waals surface area contributed by atoms with Crippen LogP contribution in [0.3, 0.4) is 0 Å². The number of hydrogen-bond acceptors (Lipinski definition) is 7. The molecule has 248 valence electrons. The molecule has 2 amide bonds. The standard InChI is InChI=1S/C41H34N4O5/c46-37(44-27-31-9-3-1-4-10-31)33-19-15-29(16-20-33)25-35-13-7-23-42-39(35)49-41(48)50-40-36(14-8-24-43-40)26-30-17-21-34(22-18-30)38(47)45-28-32-11-5-2-6-12-32/h1-24H,25-28H2,(H,44,46)(H,45,47). The molecule has 6 aromatic rings. The number of benzene rings is 4. The first-order valence-corrected chi connectivity index (χ1v) is 16.1. The summed E-state index contributed by atoms with van der Waals surface area (Å²) in [5.74, 6) is -0.107. The number of aromatic nitrogens is 2. The van der Waals surface area contributed by atoms with Crippen molar-refractivity contribution >= 4 is 18.0 Å². The fraction of sp³-hybridized carbons (Fsp3) is 0.0976. The largest absolute Gasteiger partial charge is 0.522 e. The number of rotatable bonds is 12. The van der Waals surface area contributed by atoms with Crippen LogP contribution in [0.2, 0.25) is 0 Å². The summed E-state index contributed by atoms with van der Waals surface area (Å²) in [5.41, 5.74) is 6.27. The van der Waals surface area contributed by atoms with Gasteiger partial charge in [-0.1, -0.05) is 97.1 Å². The van der Waals surface area contributed by atoms with Gasteiger partial charge in [-0.3, -0.25) is 9.59 Å². The van der Waals surface area contributed by atoms with Crippen LogP contribution < -0.4 is 20.1 Å².